The number of hydrogen-bond acceptors (Lipinski definition) is 2. The molecule has 0 saturated heterocycles. The molecule has 4 aliphatic rings. The molecule has 25 heavy (non-hydrogen) atoms. The van der Waals surface area contributed by atoms with Crippen LogP contribution in [-0.4, -0.2) is 22.6 Å². The molecule has 0 radical (unpaired) electrons. The molecule has 4 nitrogen and oxygen atoms in total. The van der Waals surface area contributed by atoms with Crippen molar-refractivity contribution in [1.29, 1.82) is 0 Å². The van der Waals surface area contributed by atoms with Gasteiger partial charge in [-0.2, -0.15) is 5.10 Å². The van der Waals surface area contributed by atoms with Crippen LogP contribution in [0.5, 0.6) is 0 Å². The maximum Gasteiger partial charge on any atom is 0.255 e. The lowest BCUT2D eigenvalue weighted by atomic mass is 9.49. The van der Waals surface area contributed by atoms with E-state index in [9.17, 15) is 4.79 Å². The van der Waals surface area contributed by atoms with E-state index in [0.29, 0.717) is 11.0 Å². The van der Waals surface area contributed by atoms with E-state index in [-0.39, 0.29) is 5.91 Å². The van der Waals surface area contributed by atoms with Crippen molar-refractivity contribution in [3.05, 3.63) is 42.1 Å². The maximum atomic E-state index is 12.8. The Morgan fingerprint density at radius 2 is 1.72 bits per heavy atom. The second-order valence-electron chi connectivity index (χ2n) is 8.62. The van der Waals surface area contributed by atoms with Crippen molar-refractivity contribution in [3.8, 4) is 11.3 Å². The van der Waals surface area contributed by atoms with Crippen molar-refractivity contribution in [1.82, 2.24) is 15.5 Å². The number of carbonyl (C=O) groups is 1. The quantitative estimate of drug-likeness (QED) is 0.886. The number of H-pyrrole nitrogens is 1. The summed E-state index contributed by atoms with van der Waals surface area (Å²) >= 11 is 0. The molecule has 0 unspecified atom stereocenters. The summed E-state index contributed by atoms with van der Waals surface area (Å²) in [5.41, 5.74) is 2.82. The molecule has 4 saturated carbocycles. The molecular formula is C21H25N3O. The van der Waals surface area contributed by atoms with Crippen LogP contribution in [-0.2, 0) is 0 Å². The Morgan fingerprint density at radius 3 is 2.36 bits per heavy atom. The van der Waals surface area contributed by atoms with E-state index in [1.807, 2.05) is 30.3 Å². The molecule has 4 fully saturated rings. The fraction of sp³-hybridized carbons (Fsp3) is 0.524. The Balaban J connectivity index is 1.31. The molecule has 1 aromatic heterocycles. The minimum absolute atomic E-state index is 0.00310. The molecule has 1 heterocycles. The smallest absolute Gasteiger partial charge is 0.255 e. The first-order valence-electron chi connectivity index (χ1n) is 9.58. The molecule has 0 atom stereocenters. The number of carbonyl (C=O) groups excluding carboxylic acids is 1. The SMILES string of the molecule is O=C(NCC12CC3CC(CC(C3)C1)C2)c1cn[nH]c1-c1ccccc1. The monoisotopic (exact) mass is 335 g/mol. The van der Waals surface area contributed by atoms with Gasteiger partial charge in [0.15, 0.2) is 0 Å². The molecule has 130 valence electrons. The van der Waals surface area contributed by atoms with Crippen LogP contribution in [0, 0.1) is 23.2 Å². The van der Waals surface area contributed by atoms with Crippen LogP contribution in [0.2, 0.25) is 0 Å². The van der Waals surface area contributed by atoms with E-state index in [1.165, 1.54) is 38.5 Å². The number of nitrogens with zero attached hydrogens (tertiary/aromatic N) is 1. The van der Waals surface area contributed by atoms with E-state index in [4.69, 9.17) is 0 Å². The van der Waals surface area contributed by atoms with Crippen LogP contribution in [0.4, 0.5) is 0 Å². The lowest BCUT2D eigenvalue weighted by Crippen LogP contribution is -2.51. The lowest BCUT2D eigenvalue weighted by Gasteiger charge is -2.56. The summed E-state index contributed by atoms with van der Waals surface area (Å²) in [6.45, 7) is 0.828. The zero-order valence-corrected chi connectivity index (χ0v) is 14.5. The number of aromatic nitrogens is 2. The fourth-order valence-electron chi connectivity index (χ4n) is 6.15. The topological polar surface area (TPSA) is 57.8 Å². The number of amides is 1. The Labute approximate surface area is 148 Å². The highest BCUT2D eigenvalue weighted by molar-refractivity contribution is 5.99. The zero-order chi connectivity index (χ0) is 16.9. The first-order chi connectivity index (χ1) is 12.2. The highest BCUT2D eigenvalue weighted by Crippen LogP contribution is 2.59. The summed E-state index contributed by atoms with van der Waals surface area (Å²) < 4.78 is 0. The summed E-state index contributed by atoms with van der Waals surface area (Å²) in [5.74, 6) is 2.74. The number of benzene rings is 1. The van der Waals surface area contributed by atoms with Gasteiger partial charge < -0.3 is 5.32 Å². The van der Waals surface area contributed by atoms with E-state index in [0.717, 1.165) is 35.6 Å². The maximum absolute atomic E-state index is 12.8. The van der Waals surface area contributed by atoms with E-state index < -0.39 is 0 Å². The Bertz CT molecular complexity index is 744. The average Bonchev–Trinajstić information content (AvgIpc) is 3.09. The number of aromatic amines is 1. The van der Waals surface area contributed by atoms with Crippen molar-refractivity contribution in [3.63, 3.8) is 0 Å². The van der Waals surface area contributed by atoms with E-state index >= 15 is 0 Å². The van der Waals surface area contributed by atoms with Crippen molar-refractivity contribution in [2.75, 3.05) is 6.54 Å². The summed E-state index contributed by atoms with van der Waals surface area (Å²) in [7, 11) is 0. The Hall–Kier alpha value is -2.10. The van der Waals surface area contributed by atoms with E-state index in [2.05, 4.69) is 15.5 Å². The van der Waals surface area contributed by atoms with Crippen LogP contribution in [0.15, 0.2) is 36.5 Å². The third-order valence-electron chi connectivity index (χ3n) is 6.74. The molecule has 0 spiro atoms. The highest BCUT2D eigenvalue weighted by atomic mass is 16.1. The van der Waals surface area contributed by atoms with Gasteiger partial charge in [0.2, 0.25) is 0 Å². The first-order valence-corrected chi connectivity index (χ1v) is 9.58. The second-order valence-corrected chi connectivity index (χ2v) is 8.62. The molecular weight excluding hydrogens is 310 g/mol. The first kappa shape index (κ1) is 15.2. The van der Waals surface area contributed by atoms with Gasteiger partial charge in [-0.1, -0.05) is 30.3 Å². The third-order valence-corrected chi connectivity index (χ3v) is 6.74. The largest absolute Gasteiger partial charge is 0.351 e. The summed E-state index contributed by atoms with van der Waals surface area (Å²) in [6.07, 6.45) is 9.91. The van der Waals surface area contributed by atoms with Gasteiger partial charge in [0.1, 0.15) is 0 Å². The standard InChI is InChI=1S/C21H25N3O/c25-20(18-12-23-24-19(18)17-4-2-1-3-5-17)22-13-21-9-14-6-15(10-21)8-16(7-14)11-21/h1-5,12,14-16H,6-11,13H2,(H,22,25)(H,23,24). The number of nitrogens with one attached hydrogen (secondary N) is 2. The van der Waals surface area contributed by atoms with Crippen LogP contribution in [0.1, 0.15) is 48.9 Å². The van der Waals surface area contributed by atoms with Crippen molar-refractivity contribution < 1.29 is 4.79 Å². The molecule has 4 heteroatoms. The minimum atomic E-state index is 0.00310. The lowest BCUT2D eigenvalue weighted by molar-refractivity contribution is -0.0503. The normalized spacial score (nSPS) is 32.7. The third kappa shape index (κ3) is 2.68. The summed E-state index contributed by atoms with van der Waals surface area (Å²) in [6, 6.07) is 9.94. The molecule has 2 N–H and O–H groups in total. The molecule has 4 bridgehead atoms. The minimum Gasteiger partial charge on any atom is -0.351 e. The molecule has 1 aromatic carbocycles. The van der Waals surface area contributed by atoms with Crippen molar-refractivity contribution in [2.45, 2.75) is 38.5 Å². The zero-order valence-electron chi connectivity index (χ0n) is 14.5. The van der Waals surface area contributed by atoms with Gasteiger partial charge in [-0.3, -0.25) is 9.89 Å². The van der Waals surface area contributed by atoms with Crippen molar-refractivity contribution >= 4 is 5.91 Å². The second kappa shape index (κ2) is 5.72. The fourth-order valence-corrected chi connectivity index (χ4v) is 6.15. The molecule has 2 aromatic rings. The van der Waals surface area contributed by atoms with Crippen LogP contribution < -0.4 is 5.32 Å². The van der Waals surface area contributed by atoms with Crippen molar-refractivity contribution in [2.24, 2.45) is 23.2 Å². The van der Waals surface area contributed by atoms with Gasteiger partial charge in [-0.15, -0.1) is 0 Å². The predicted octanol–water partition coefficient (Wildman–Crippen LogP) is 4.02. The highest BCUT2D eigenvalue weighted by Gasteiger charge is 2.50. The number of hydrogen-bond donors (Lipinski definition) is 2. The van der Waals surface area contributed by atoms with Crippen LogP contribution in [0.25, 0.3) is 11.3 Å². The van der Waals surface area contributed by atoms with E-state index in [1.54, 1.807) is 6.20 Å². The molecule has 4 aliphatic carbocycles. The summed E-state index contributed by atoms with van der Waals surface area (Å²) in [5, 5.41) is 10.3. The summed E-state index contributed by atoms with van der Waals surface area (Å²) in [4.78, 5) is 12.8. The predicted molar refractivity (Wildman–Crippen MR) is 97.0 cm³/mol. The molecule has 6 rings (SSSR count). The van der Waals surface area contributed by atoms with Gasteiger partial charge >= 0.3 is 0 Å². The Kier molecular flexibility index (Phi) is 3.47. The average molecular weight is 335 g/mol. The van der Waals surface area contributed by atoms with Gasteiger partial charge in [0.05, 0.1) is 17.5 Å². The number of rotatable bonds is 4. The van der Waals surface area contributed by atoms with Gasteiger partial charge in [0, 0.05) is 12.1 Å². The molecule has 1 amide bonds. The van der Waals surface area contributed by atoms with Crippen LogP contribution in [0.3, 0.4) is 0 Å². The van der Waals surface area contributed by atoms with Gasteiger partial charge in [-0.25, -0.2) is 0 Å². The van der Waals surface area contributed by atoms with Gasteiger partial charge in [0.25, 0.3) is 5.91 Å². The van der Waals surface area contributed by atoms with Gasteiger partial charge in [-0.05, 0) is 61.7 Å². The Morgan fingerprint density at radius 1 is 1.08 bits per heavy atom. The van der Waals surface area contributed by atoms with Crippen LogP contribution >= 0.6 is 0 Å². The molecule has 0 aliphatic heterocycles.